The molecule has 20 heavy (non-hydrogen) atoms. The average molecular weight is 269 g/mol. The highest BCUT2D eigenvalue weighted by molar-refractivity contribution is 5.92. The fourth-order valence-corrected chi connectivity index (χ4v) is 1.78. The standard InChI is InChI=1S/C16H15NO3/c1-11-5-3-6-13(9-11)16(19)20-15-8-4-7-14(10-15)17-12(2)18/h3-10H,1-2H3,(H,17,18). The van der Waals surface area contributed by atoms with Gasteiger partial charge in [-0.05, 0) is 31.2 Å². The van der Waals surface area contributed by atoms with Gasteiger partial charge in [0.25, 0.3) is 0 Å². The predicted octanol–water partition coefficient (Wildman–Crippen LogP) is 3.17. The number of esters is 1. The molecule has 2 rings (SSSR count). The van der Waals surface area contributed by atoms with Crippen LogP contribution in [0, 0.1) is 6.92 Å². The molecular formula is C16H15NO3. The van der Waals surface area contributed by atoms with Crippen molar-refractivity contribution in [2.75, 3.05) is 5.32 Å². The van der Waals surface area contributed by atoms with Crippen LogP contribution in [-0.4, -0.2) is 11.9 Å². The van der Waals surface area contributed by atoms with E-state index in [9.17, 15) is 9.59 Å². The van der Waals surface area contributed by atoms with Gasteiger partial charge in [0.15, 0.2) is 0 Å². The molecule has 0 aliphatic carbocycles. The average Bonchev–Trinajstić information content (AvgIpc) is 2.38. The molecule has 1 amide bonds. The van der Waals surface area contributed by atoms with Crippen LogP contribution < -0.4 is 10.1 Å². The summed E-state index contributed by atoms with van der Waals surface area (Å²) in [5.74, 6) is -0.205. The van der Waals surface area contributed by atoms with Crippen LogP contribution in [0.5, 0.6) is 5.75 Å². The lowest BCUT2D eigenvalue weighted by Crippen LogP contribution is -2.09. The van der Waals surface area contributed by atoms with E-state index < -0.39 is 5.97 Å². The molecule has 4 heteroatoms. The van der Waals surface area contributed by atoms with E-state index in [4.69, 9.17) is 4.74 Å². The van der Waals surface area contributed by atoms with Gasteiger partial charge >= 0.3 is 5.97 Å². The Bertz CT molecular complexity index is 650. The molecule has 4 nitrogen and oxygen atoms in total. The maximum Gasteiger partial charge on any atom is 0.343 e. The minimum Gasteiger partial charge on any atom is -0.423 e. The molecule has 0 fully saturated rings. The number of rotatable bonds is 3. The summed E-state index contributed by atoms with van der Waals surface area (Å²) < 4.78 is 5.29. The van der Waals surface area contributed by atoms with Crippen LogP contribution in [0.15, 0.2) is 48.5 Å². The molecule has 0 unspecified atom stereocenters. The summed E-state index contributed by atoms with van der Waals surface area (Å²) in [6.07, 6.45) is 0. The van der Waals surface area contributed by atoms with Crippen molar-refractivity contribution in [3.8, 4) is 5.75 Å². The quantitative estimate of drug-likeness (QED) is 0.687. The van der Waals surface area contributed by atoms with Crippen LogP contribution in [0.2, 0.25) is 0 Å². The van der Waals surface area contributed by atoms with Crippen molar-refractivity contribution in [3.63, 3.8) is 0 Å². The van der Waals surface area contributed by atoms with Gasteiger partial charge in [0.2, 0.25) is 5.91 Å². The maximum absolute atomic E-state index is 12.0. The molecular weight excluding hydrogens is 254 g/mol. The van der Waals surface area contributed by atoms with Crippen LogP contribution in [-0.2, 0) is 4.79 Å². The monoisotopic (exact) mass is 269 g/mol. The highest BCUT2D eigenvalue weighted by Gasteiger charge is 2.09. The van der Waals surface area contributed by atoms with Crippen molar-refractivity contribution >= 4 is 17.6 Å². The number of benzene rings is 2. The topological polar surface area (TPSA) is 55.4 Å². The highest BCUT2D eigenvalue weighted by atomic mass is 16.5. The van der Waals surface area contributed by atoms with Crippen LogP contribution in [0.25, 0.3) is 0 Å². The summed E-state index contributed by atoms with van der Waals surface area (Å²) in [6, 6.07) is 13.9. The number of carbonyl (C=O) groups is 2. The lowest BCUT2D eigenvalue weighted by molar-refractivity contribution is -0.114. The molecule has 0 saturated carbocycles. The second-order valence-electron chi connectivity index (χ2n) is 4.47. The Morgan fingerprint density at radius 2 is 1.80 bits per heavy atom. The van der Waals surface area contributed by atoms with Crippen molar-refractivity contribution in [3.05, 3.63) is 59.7 Å². The number of amides is 1. The first-order valence-electron chi connectivity index (χ1n) is 6.21. The number of hydrogen-bond donors (Lipinski definition) is 1. The Morgan fingerprint density at radius 1 is 1.05 bits per heavy atom. The van der Waals surface area contributed by atoms with Crippen molar-refractivity contribution in [2.24, 2.45) is 0 Å². The second-order valence-corrected chi connectivity index (χ2v) is 4.47. The van der Waals surface area contributed by atoms with Gasteiger partial charge in [-0.3, -0.25) is 4.79 Å². The van der Waals surface area contributed by atoms with E-state index in [0.29, 0.717) is 17.0 Å². The normalized spacial score (nSPS) is 9.90. The molecule has 0 aliphatic heterocycles. The fraction of sp³-hybridized carbons (Fsp3) is 0.125. The van der Waals surface area contributed by atoms with Crippen molar-refractivity contribution in [2.45, 2.75) is 13.8 Å². The summed E-state index contributed by atoms with van der Waals surface area (Å²) in [5.41, 5.74) is 2.08. The first-order valence-corrected chi connectivity index (χ1v) is 6.21. The zero-order valence-corrected chi connectivity index (χ0v) is 11.3. The summed E-state index contributed by atoms with van der Waals surface area (Å²) in [4.78, 5) is 23.0. The van der Waals surface area contributed by atoms with Gasteiger partial charge < -0.3 is 10.1 Å². The van der Waals surface area contributed by atoms with E-state index in [2.05, 4.69) is 5.32 Å². The van der Waals surface area contributed by atoms with Crippen LogP contribution in [0.4, 0.5) is 5.69 Å². The molecule has 0 aliphatic rings. The summed E-state index contributed by atoms with van der Waals surface area (Å²) in [7, 11) is 0. The fourth-order valence-electron chi connectivity index (χ4n) is 1.78. The molecule has 2 aromatic carbocycles. The molecule has 0 heterocycles. The maximum atomic E-state index is 12.0. The van der Waals surface area contributed by atoms with E-state index in [-0.39, 0.29) is 5.91 Å². The smallest absolute Gasteiger partial charge is 0.343 e. The predicted molar refractivity (Wildman–Crippen MR) is 76.9 cm³/mol. The number of carbonyl (C=O) groups excluding carboxylic acids is 2. The van der Waals surface area contributed by atoms with Crippen molar-refractivity contribution < 1.29 is 14.3 Å². The molecule has 0 radical (unpaired) electrons. The van der Waals surface area contributed by atoms with E-state index in [1.165, 1.54) is 6.92 Å². The van der Waals surface area contributed by atoms with Gasteiger partial charge in [-0.25, -0.2) is 4.79 Å². The lowest BCUT2D eigenvalue weighted by Gasteiger charge is -2.07. The van der Waals surface area contributed by atoms with Crippen molar-refractivity contribution in [1.82, 2.24) is 0 Å². The van der Waals surface area contributed by atoms with E-state index in [1.54, 1.807) is 42.5 Å². The number of aryl methyl sites for hydroxylation is 1. The van der Waals surface area contributed by atoms with E-state index >= 15 is 0 Å². The Balaban J connectivity index is 2.13. The van der Waals surface area contributed by atoms with Gasteiger partial charge in [0.1, 0.15) is 5.75 Å². The molecule has 0 spiro atoms. The summed E-state index contributed by atoms with van der Waals surface area (Å²) >= 11 is 0. The Morgan fingerprint density at radius 3 is 2.50 bits per heavy atom. The molecule has 102 valence electrons. The van der Waals surface area contributed by atoms with Crippen LogP contribution >= 0.6 is 0 Å². The van der Waals surface area contributed by atoms with Gasteiger partial charge in [0.05, 0.1) is 5.56 Å². The number of nitrogens with one attached hydrogen (secondary N) is 1. The lowest BCUT2D eigenvalue weighted by atomic mass is 10.1. The third kappa shape index (κ3) is 3.68. The Kier molecular flexibility index (Phi) is 4.15. The molecule has 0 atom stereocenters. The van der Waals surface area contributed by atoms with E-state index in [0.717, 1.165) is 5.56 Å². The third-order valence-electron chi connectivity index (χ3n) is 2.62. The highest BCUT2D eigenvalue weighted by Crippen LogP contribution is 2.18. The summed E-state index contributed by atoms with van der Waals surface area (Å²) in [6.45, 7) is 3.33. The summed E-state index contributed by atoms with van der Waals surface area (Å²) in [5, 5.41) is 2.64. The third-order valence-corrected chi connectivity index (χ3v) is 2.62. The largest absolute Gasteiger partial charge is 0.423 e. The van der Waals surface area contributed by atoms with Crippen LogP contribution in [0.1, 0.15) is 22.8 Å². The minimum absolute atomic E-state index is 0.174. The van der Waals surface area contributed by atoms with Gasteiger partial charge in [-0.15, -0.1) is 0 Å². The minimum atomic E-state index is -0.423. The van der Waals surface area contributed by atoms with Crippen molar-refractivity contribution in [1.29, 1.82) is 0 Å². The molecule has 0 saturated heterocycles. The molecule has 2 aromatic rings. The number of anilines is 1. The number of hydrogen-bond acceptors (Lipinski definition) is 3. The molecule has 0 aromatic heterocycles. The Labute approximate surface area is 117 Å². The SMILES string of the molecule is CC(=O)Nc1cccc(OC(=O)c2cccc(C)c2)c1. The zero-order chi connectivity index (χ0) is 14.5. The molecule has 1 N–H and O–H groups in total. The molecule has 0 bridgehead atoms. The zero-order valence-electron chi connectivity index (χ0n) is 11.3. The number of ether oxygens (including phenoxy) is 1. The first-order chi connectivity index (χ1) is 9.54. The first kappa shape index (κ1) is 13.8. The van der Waals surface area contributed by atoms with Gasteiger partial charge in [-0.1, -0.05) is 23.8 Å². The second kappa shape index (κ2) is 6.02. The Hall–Kier alpha value is -2.62. The van der Waals surface area contributed by atoms with Crippen LogP contribution in [0.3, 0.4) is 0 Å². The van der Waals surface area contributed by atoms with Gasteiger partial charge in [0, 0.05) is 18.7 Å². The van der Waals surface area contributed by atoms with E-state index in [1.807, 2.05) is 13.0 Å². The van der Waals surface area contributed by atoms with Gasteiger partial charge in [-0.2, -0.15) is 0 Å².